The van der Waals surface area contributed by atoms with Crippen molar-refractivity contribution in [1.29, 1.82) is 5.26 Å². The van der Waals surface area contributed by atoms with Crippen molar-refractivity contribution < 1.29 is 21.6 Å². The summed E-state index contributed by atoms with van der Waals surface area (Å²) in [7, 11) is -3.93. The minimum atomic E-state index is -4.30. The Kier molecular flexibility index (Phi) is 4.78. The molecule has 0 unspecified atom stereocenters. The highest BCUT2D eigenvalue weighted by atomic mass is 32.2. The van der Waals surface area contributed by atoms with Gasteiger partial charge in [0.15, 0.2) is 0 Å². The van der Waals surface area contributed by atoms with E-state index in [1.54, 1.807) is 0 Å². The van der Waals surface area contributed by atoms with Gasteiger partial charge in [0.1, 0.15) is 0 Å². The fourth-order valence-electron chi connectivity index (χ4n) is 2.61. The van der Waals surface area contributed by atoms with Crippen LogP contribution in [0.25, 0.3) is 0 Å². The van der Waals surface area contributed by atoms with E-state index in [4.69, 9.17) is 5.26 Å². The molecule has 1 aromatic carbocycles. The molecule has 2 atom stereocenters. The maximum atomic E-state index is 12.8. The van der Waals surface area contributed by atoms with Gasteiger partial charge in [-0.15, -0.1) is 0 Å². The molecule has 1 fully saturated rings. The van der Waals surface area contributed by atoms with Gasteiger partial charge in [-0.1, -0.05) is 12.5 Å². The highest BCUT2D eigenvalue weighted by molar-refractivity contribution is 7.89. The molecule has 0 spiro atoms. The van der Waals surface area contributed by atoms with Crippen LogP contribution in [0, 0.1) is 17.2 Å². The first-order chi connectivity index (χ1) is 10.2. The Balaban J connectivity index is 2.13. The average molecular weight is 332 g/mol. The predicted octanol–water partition coefficient (Wildman–Crippen LogP) is 2.96. The fraction of sp³-hybridized carbons (Fsp3) is 0.500. The SMILES string of the molecule is N#Cc1cccc(S(=O)(=O)N[C@H]2CCC[C@H](C(F)(F)F)C2)c1. The van der Waals surface area contributed by atoms with Gasteiger partial charge in [-0.05, 0) is 37.5 Å². The van der Waals surface area contributed by atoms with Crippen molar-refractivity contribution in [3.8, 4) is 6.07 Å². The van der Waals surface area contributed by atoms with Crippen LogP contribution in [-0.2, 0) is 10.0 Å². The van der Waals surface area contributed by atoms with Crippen LogP contribution in [0.15, 0.2) is 29.2 Å². The third-order valence-corrected chi connectivity index (χ3v) is 5.25. The molecule has 1 aliphatic carbocycles. The minimum Gasteiger partial charge on any atom is -0.208 e. The first-order valence-electron chi connectivity index (χ1n) is 6.81. The van der Waals surface area contributed by atoms with Crippen LogP contribution < -0.4 is 4.72 Å². The van der Waals surface area contributed by atoms with Crippen LogP contribution in [0.5, 0.6) is 0 Å². The highest BCUT2D eigenvalue weighted by Gasteiger charge is 2.42. The van der Waals surface area contributed by atoms with Crippen molar-refractivity contribution in [3.63, 3.8) is 0 Å². The van der Waals surface area contributed by atoms with E-state index in [9.17, 15) is 21.6 Å². The van der Waals surface area contributed by atoms with E-state index < -0.39 is 28.2 Å². The first-order valence-corrected chi connectivity index (χ1v) is 8.30. The number of hydrogen-bond acceptors (Lipinski definition) is 3. The first kappa shape index (κ1) is 16.8. The van der Waals surface area contributed by atoms with Gasteiger partial charge in [0, 0.05) is 6.04 Å². The summed E-state index contributed by atoms with van der Waals surface area (Å²) in [6, 6.07) is 6.48. The van der Waals surface area contributed by atoms with Gasteiger partial charge in [-0.3, -0.25) is 0 Å². The van der Waals surface area contributed by atoms with Gasteiger partial charge in [0.05, 0.1) is 22.4 Å². The van der Waals surface area contributed by atoms with E-state index in [0.717, 1.165) is 0 Å². The lowest BCUT2D eigenvalue weighted by molar-refractivity contribution is -0.183. The molecular formula is C14H15F3N2O2S. The molecule has 1 N–H and O–H groups in total. The van der Waals surface area contributed by atoms with Crippen molar-refractivity contribution in [3.05, 3.63) is 29.8 Å². The maximum Gasteiger partial charge on any atom is 0.391 e. The van der Waals surface area contributed by atoms with Crippen molar-refractivity contribution in [2.45, 2.75) is 42.8 Å². The molecule has 0 bridgehead atoms. The molecule has 0 amide bonds. The van der Waals surface area contributed by atoms with Crippen LogP contribution >= 0.6 is 0 Å². The Morgan fingerprint density at radius 3 is 2.64 bits per heavy atom. The van der Waals surface area contributed by atoms with E-state index in [-0.39, 0.29) is 23.3 Å². The lowest BCUT2D eigenvalue weighted by Gasteiger charge is -2.30. The van der Waals surface area contributed by atoms with Gasteiger partial charge in [0.25, 0.3) is 0 Å². The molecule has 0 aromatic heterocycles. The highest BCUT2D eigenvalue weighted by Crippen LogP contribution is 2.37. The lowest BCUT2D eigenvalue weighted by Crippen LogP contribution is -2.41. The van der Waals surface area contributed by atoms with E-state index >= 15 is 0 Å². The molecule has 1 aliphatic rings. The van der Waals surface area contributed by atoms with Gasteiger partial charge >= 0.3 is 6.18 Å². The molecule has 1 aromatic rings. The van der Waals surface area contributed by atoms with Gasteiger partial charge in [-0.25, -0.2) is 13.1 Å². The standard InChI is InChI=1S/C14H15F3N2O2S/c15-14(16,17)11-4-2-5-12(8-11)19-22(20,21)13-6-1-3-10(7-13)9-18/h1,3,6-7,11-12,19H,2,4-5,8H2/t11-,12-/m0/s1. The Bertz CT molecular complexity index is 680. The van der Waals surface area contributed by atoms with Crippen LogP contribution in [0.1, 0.15) is 31.2 Å². The molecule has 120 valence electrons. The van der Waals surface area contributed by atoms with E-state index in [1.807, 2.05) is 6.07 Å². The van der Waals surface area contributed by atoms with E-state index in [0.29, 0.717) is 12.8 Å². The monoisotopic (exact) mass is 332 g/mol. The third kappa shape index (κ3) is 3.99. The molecular weight excluding hydrogens is 317 g/mol. The number of benzene rings is 1. The van der Waals surface area contributed by atoms with Gasteiger partial charge in [-0.2, -0.15) is 18.4 Å². The van der Waals surface area contributed by atoms with Crippen LogP contribution in [0.3, 0.4) is 0 Å². The summed E-state index contributed by atoms with van der Waals surface area (Å²) in [5, 5.41) is 8.78. The lowest BCUT2D eigenvalue weighted by atomic mass is 9.86. The number of sulfonamides is 1. The maximum absolute atomic E-state index is 12.8. The van der Waals surface area contributed by atoms with Crippen molar-refractivity contribution in [1.82, 2.24) is 4.72 Å². The van der Waals surface area contributed by atoms with Crippen molar-refractivity contribution >= 4 is 10.0 Å². The smallest absolute Gasteiger partial charge is 0.208 e. The summed E-state index contributed by atoms with van der Waals surface area (Å²) < 4.78 is 65.0. The Morgan fingerprint density at radius 1 is 1.27 bits per heavy atom. The second-order valence-electron chi connectivity index (χ2n) is 5.36. The number of alkyl halides is 3. The minimum absolute atomic E-state index is 0.0334. The molecule has 8 heteroatoms. The number of nitrogens with zero attached hydrogens (tertiary/aromatic N) is 1. The largest absolute Gasteiger partial charge is 0.391 e. The zero-order chi connectivity index (χ0) is 16.4. The number of rotatable bonds is 3. The number of nitriles is 1. The summed E-state index contributed by atoms with van der Waals surface area (Å²) in [6.07, 6.45) is -3.81. The molecule has 0 saturated heterocycles. The summed E-state index contributed by atoms with van der Waals surface area (Å²) in [4.78, 5) is -0.110. The normalized spacial score (nSPS) is 23.0. The quantitative estimate of drug-likeness (QED) is 0.925. The molecule has 0 heterocycles. The molecule has 0 radical (unpaired) electrons. The van der Waals surface area contributed by atoms with Crippen LogP contribution in [-0.4, -0.2) is 20.6 Å². The summed E-state index contributed by atoms with van der Waals surface area (Å²) in [5.74, 6) is -1.47. The second-order valence-corrected chi connectivity index (χ2v) is 7.08. The predicted molar refractivity (Wildman–Crippen MR) is 73.3 cm³/mol. The fourth-order valence-corrected chi connectivity index (χ4v) is 3.94. The van der Waals surface area contributed by atoms with Crippen LogP contribution in [0.4, 0.5) is 13.2 Å². The zero-order valence-electron chi connectivity index (χ0n) is 11.6. The molecule has 1 saturated carbocycles. The zero-order valence-corrected chi connectivity index (χ0v) is 12.4. The summed E-state index contributed by atoms with van der Waals surface area (Å²) >= 11 is 0. The number of hydrogen-bond donors (Lipinski definition) is 1. The third-order valence-electron chi connectivity index (χ3n) is 3.73. The summed E-state index contributed by atoms with van der Waals surface area (Å²) in [5.41, 5.74) is 0.180. The number of halogens is 3. The molecule has 2 rings (SSSR count). The van der Waals surface area contributed by atoms with E-state index in [1.165, 1.54) is 24.3 Å². The summed E-state index contributed by atoms with van der Waals surface area (Å²) in [6.45, 7) is 0. The van der Waals surface area contributed by atoms with Crippen molar-refractivity contribution in [2.75, 3.05) is 0 Å². The molecule has 0 aliphatic heterocycles. The topological polar surface area (TPSA) is 70.0 Å². The number of nitrogens with one attached hydrogen (secondary N) is 1. The Morgan fingerprint density at radius 2 is 2.00 bits per heavy atom. The average Bonchev–Trinajstić information content (AvgIpc) is 2.46. The van der Waals surface area contributed by atoms with Gasteiger partial charge < -0.3 is 0 Å². The Hall–Kier alpha value is -1.59. The van der Waals surface area contributed by atoms with Gasteiger partial charge in [0.2, 0.25) is 10.0 Å². The molecule has 22 heavy (non-hydrogen) atoms. The van der Waals surface area contributed by atoms with Crippen molar-refractivity contribution in [2.24, 2.45) is 5.92 Å². The molecule has 4 nitrogen and oxygen atoms in total. The Labute approximate surface area is 127 Å². The van der Waals surface area contributed by atoms with E-state index in [2.05, 4.69) is 4.72 Å². The second kappa shape index (κ2) is 6.26. The van der Waals surface area contributed by atoms with Crippen LogP contribution in [0.2, 0.25) is 0 Å².